The van der Waals surface area contributed by atoms with Crippen LogP contribution in [0.25, 0.3) is 0 Å². The number of hydrogen-bond donors (Lipinski definition) is 3. The molecule has 150 valence electrons. The van der Waals surface area contributed by atoms with Crippen molar-refractivity contribution in [1.82, 2.24) is 16.0 Å². The Morgan fingerprint density at radius 1 is 1.19 bits per heavy atom. The van der Waals surface area contributed by atoms with Crippen LogP contribution in [-0.4, -0.2) is 57.9 Å². The summed E-state index contributed by atoms with van der Waals surface area (Å²) in [6.07, 6.45) is 0.971. The number of amides is 2. The van der Waals surface area contributed by atoms with Crippen LogP contribution in [0.2, 0.25) is 0 Å². The summed E-state index contributed by atoms with van der Waals surface area (Å²) in [6.45, 7) is 1.63. The Labute approximate surface area is 164 Å². The van der Waals surface area contributed by atoms with Crippen molar-refractivity contribution in [3.05, 3.63) is 23.8 Å². The van der Waals surface area contributed by atoms with E-state index in [2.05, 4.69) is 16.0 Å². The lowest BCUT2D eigenvalue weighted by molar-refractivity contribution is -0.148. The number of ether oxygens (including phenoxy) is 3. The van der Waals surface area contributed by atoms with Crippen molar-refractivity contribution in [1.29, 1.82) is 0 Å². The van der Waals surface area contributed by atoms with Gasteiger partial charge >= 0.3 is 0 Å². The highest BCUT2D eigenvalue weighted by molar-refractivity contribution is 5.86. The SMILES string of the molecule is COc1ccc([C@H]2NC(=O)CO[C@@H]2C(=O)NC2CCNCC2)cc1OC.Cl. The van der Waals surface area contributed by atoms with Crippen molar-refractivity contribution >= 4 is 24.2 Å². The first-order valence-corrected chi connectivity index (χ1v) is 8.76. The summed E-state index contributed by atoms with van der Waals surface area (Å²) in [6, 6.07) is 4.83. The van der Waals surface area contributed by atoms with Gasteiger partial charge in [0.25, 0.3) is 5.91 Å². The van der Waals surface area contributed by atoms with Gasteiger partial charge in [-0.2, -0.15) is 0 Å². The molecule has 0 spiro atoms. The van der Waals surface area contributed by atoms with Crippen molar-refractivity contribution in [2.24, 2.45) is 0 Å². The summed E-state index contributed by atoms with van der Waals surface area (Å²) in [5, 5.41) is 9.17. The molecule has 2 amide bonds. The largest absolute Gasteiger partial charge is 0.493 e. The maximum Gasteiger partial charge on any atom is 0.251 e. The number of benzene rings is 1. The maximum absolute atomic E-state index is 12.8. The minimum absolute atomic E-state index is 0. The zero-order chi connectivity index (χ0) is 18.5. The van der Waals surface area contributed by atoms with Crippen molar-refractivity contribution in [2.75, 3.05) is 33.9 Å². The minimum Gasteiger partial charge on any atom is -0.493 e. The Morgan fingerprint density at radius 3 is 2.56 bits per heavy atom. The Balaban J connectivity index is 0.00000261. The van der Waals surface area contributed by atoms with E-state index in [4.69, 9.17) is 14.2 Å². The van der Waals surface area contributed by atoms with E-state index in [1.54, 1.807) is 32.4 Å². The monoisotopic (exact) mass is 399 g/mol. The van der Waals surface area contributed by atoms with Crippen LogP contribution >= 0.6 is 12.4 Å². The van der Waals surface area contributed by atoms with Crippen LogP contribution in [0.4, 0.5) is 0 Å². The smallest absolute Gasteiger partial charge is 0.251 e. The Hall–Kier alpha value is -2.03. The Bertz CT molecular complexity index is 666. The molecule has 2 aliphatic rings. The van der Waals surface area contributed by atoms with Gasteiger partial charge in [0.15, 0.2) is 17.6 Å². The van der Waals surface area contributed by atoms with Gasteiger partial charge < -0.3 is 30.2 Å². The van der Waals surface area contributed by atoms with E-state index in [0.717, 1.165) is 31.5 Å². The first kappa shape index (κ1) is 21.3. The van der Waals surface area contributed by atoms with E-state index < -0.39 is 12.1 Å². The van der Waals surface area contributed by atoms with Gasteiger partial charge in [-0.05, 0) is 43.6 Å². The summed E-state index contributed by atoms with van der Waals surface area (Å²) in [5.74, 6) is 0.643. The number of rotatable bonds is 5. The molecule has 3 N–H and O–H groups in total. The topological polar surface area (TPSA) is 97.9 Å². The van der Waals surface area contributed by atoms with Gasteiger partial charge in [0.05, 0.1) is 20.3 Å². The fourth-order valence-electron chi connectivity index (χ4n) is 3.33. The van der Waals surface area contributed by atoms with Gasteiger partial charge in [-0.25, -0.2) is 0 Å². The normalized spacial score (nSPS) is 23.0. The third-order valence-electron chi connectivity index (χ3n) is 4.72. The van der Waals surface area contributed by atoms with E-state index in [1.807, 2.05) is 0 Å². The lowest BCUT2D eigenvalue weighted by Crippen LogP contribution is -2.55. The van der Waals surface area contributed by atoms with Crippen molar-refractivity contribution < 1.29 is 23.8 Å². The number of carbonyl (C=O) groups is 2. The Morgan fingerprint density at radius 2 is 1.89 bits per heavy atom. The Kier molecular flexibility index (Phi) is 7.70. The summed E-state index contributed by atoms with van der Waals surface area (Å²) >= 11 is 0. The zero-order valence-electron chi connectivity index (χ0n) is 15.4. The molecule has 0 radical (unpaired) electrons. The first-order chi connectivity index (χ1) is 12.6. The summed E-state index contributed by atoms with van der Waals surface area (Å²) in [5.41, 5.74) is 0.723. The molecule has 2 aliphatic heterocycles. The molecule has 3 rings (SSSR count). The molecule has 1 aromatic rings. The molecule has 0 unspecified atom stereocenters. The molecule has 2 fully saturated rings. The first-order valence-electron chi connectivity index (χ1n) is 8.76. The zero-order valence-corrected chi connectivity index (χ0v) is 16.3. The van der Waals surface area contributed by atoms with E-state index in [0.29, 0.717) is 11.5 Å². The summed E-state index contributed by atoms with van der Waals surface area (Å²) in [4.78, 5) is 24.6. The lowest BCUT2D eigenvalue weighted by atomic mass is 9.97. The standard InChI is InChI=1S/C18H25N3O5.ClH/c1-24-13-4-3-11(9-14(13)25-2)16-17(26-10-15(22)21-16)18(23)20-12-5-7-19-8-6-12;/h3-4,9,12,16-17,19H,5-8,10H2,1-2H3,(H,20,23)(H,21,22);1H/t16-,17+;/m1./s1. The van der Waals surface area contributed by atoms with Crippen LogP contribution in [-0.2, 0) is 14.3 Å². The molecule has 9 heteroatoms. The number of carbonyl (C=O) groups excluding carboxylic acids is 2. The second-order valence-electron chi connectivity index (χ2n) is 6.42. The number of halogens is 1. The average Bonchev–Trinajstić information content (AvgIpc) is 2.68. The van der Waals surface area contributed by atoms with E-state index >= 15 is 0 Å². The lowest BCUT2D eigenvalue weighted by Gasteiger charge is -2.33. The fraction of sp³-hybridized carbons (Fsp3) is 0.556. The highest BCUT2D eigenvalue weighted by Gasteiger charge is 2.37. The number of hydrogen-bond acceptors (Lipinski definition) is 6. The molecule has 0 saturated carbocycles. The predicted molar refractivity (Wildman–Crippen MR) is 101 cm³/mol. The van der Waals surface area contributed by atoms with E-state index in [1.165, 1.54) is 0 Å². The van der Waals surface area contributed by atoms with Crippen LogP contribution in [0.1, 0.15) is 24.4 Å². The molecule has 1 aromatic carbocycles. The number of piperidine rings is 1. The molecule has 0 aliphatic carbocycles. The van der Waals surface area contributed by atoms with Crippen molar-refractivity contribution in [3.63, 3.8) is 0 Å². The van der Waals surface area contributed by atoms with Crippen LogP contribution in [0.15, 0.2) is 18.2 Å². The third-order valence-corrected chi connectivity index (χ3v) is 4.72. The number of methoxy groups -OCH3 is 2. The molecule has 2 atom stereocenters. The third kappa shape index (κ3) is 5.03. The second-order valence-corrected chi connectivity index (χ2v) is 6.42. The maximum atomic E-state index is 12.8. The minimum atomic E-state index is -0.791. The summed E-state index contributed by atoms with van der Waals surface area (Å²) in [7, 11) is 3.09. The van der Waals surface area contributed by atoms with Gasteiger partial charge in [0.1, 0.15) is 6.61 Å². The fourth-order valence-corrected chi connectivity index (χ4v) is 3.33. The summed E-state index contributed by atoms with van der Waals surface area (Å²) < 4.78 is 16.2. The molecular weight excluding hydrogens is 374 g/mol. The number of morpholine rings is 1. The van der Waals surface area contributed by atoms with Gasteiger partial charge in [-0.15, -0.1) is 12.4 Å². The van der Waals surface area contributed by atoms with Gasteiger partial charge in [-0.1, -0.05) is 6.07 Å². The molecule has 27 heavy (non-hydrogen) atoms. The molecule has 2 saturated heterocycles. The molecule has 8 nitrogen and oxygen atoms in total. The van der Waals surface area contributed by atoms with E-state index in [9.17, 15) is 9.59 Å². The van der Waals surface area contributed by atoms with Crippen LogP contribution in [0.5, 0.6) is 11.5 Å². The molecule has 2 heterocycles. The van der Waals surface area contributed by atoms with Crippen molar-refractivity contribution in [3.8, 4) is 11.5 Å². The number of nitrogens with one attached hydrogen (secondary N) is 3. The van der Waals surface area contributed by atoms with Crippen LogP contribution < -0.4 is 25.4 Å². The molecule has 0 bridgehead atoms. The van der Waals surface area contributed by atoms with Crippen LogP contribution in [0.3, 0.4) is 0 Å². The van der Waals surface area contributed by atoms with Gasteiger partial charge in [0.2, 0.25) is 5.91 Å². The molecule has 0 aromatic heterocycles. The van der Waals surface area contributed by atoms with E-state index in [-0.39, 0.29) is 36.9 Å². The quantitative estimate of drug-likeness (QED) is 0.669. The average molecular weight is 400 g/mol. The highest BCUT2D eigenvalue weighted by Crippen LogP contribution is 2.32. The van der Waals surface area contributed by atoms with Gasteiger partial charge in [0, 0.05) is 6.04 Å². The second kappa shape index (κ2) is 9.77. The van der Waals surface area contributed by atoms with Crippen LogP contribution in [0, 0.1) is 0 Å². The van der Waals surface area contributed by atoms with Gasteiger partial charge in [-0.3, -0.25) is 9.59 Å². The predicted octanol–water partition coefficient (Wildman–Crippen LogP) is 0.550. The highest BCUT2D eigenvalue weighted by atomic mass is 35.5. The van der Waals surface area contributed by atoms with Crippen molar-refractivity contribution in [2.45, 2.75) is 31.0 Å². The molecular formula is C18H26ClN3O5.